The van der Waals surface area contributed by atoms with Crippen molar-refractivity contribution in [3.63, 3.8) is 0 Å². The van der Waals surface area contributed by atoms with Gasteiger partial charge in [-0.15, -0.1) is 0 Å². The fourth-order valence-corrected chi connectivity index (χ4v) is 4.92. The first-order valence-corrected chi connectivity index (χ1v) is 12.8. The maximum atomic E-state index is 12.8. The minimum atomic E-state index is -0.633. The number of hydrogen-bond donors (Lipinski definition) is 2. The van der Waals surface area contributed by atoms with Crippen LogP contribution in [-0.4, -0.2) is 29.9 Å². The van der Waals surface area contributed by atoms with Crippen LogP contribution in [0.3, 0.4) is 0 Å². The van der Waals surface area contributed by atoms with Crippen molar-refractivity contribution in [2.75, 3.05) is 5.32 Å². The number of aromatic amines is 1. The standard InChI is InChI=1S/C30H24ClN7O/c1-17-32-13-11-23(34-17)30(2,3)38-22-16-24(39)35-29-28(22)36-27(26(37-29)18-8-5-4-6-9-18)20-14-19-10-7-12-33-25(19)21(31)15-20/h4-16H,1-3H3,(H2,35,37,38,39). The molecule has 0 fully saturated rings. The van der Waals surface area contributed by atoms with E-state index in [0.29, 0.717) is 44.6 Å². The Hall–Kier alpha value is -4.69. The molecule has 4 heterocycles. The van der Waals surface area contributed by atoms with Crippen molar-refractivity contribution < 1.29 is 0 Å². The molecule has 0 amide bonds. The first-order chi connectivity index (χ1) is 18.8. The third kappa shape index (κ3) is 4.70. The highest BCUT2D eigenvalue weighted by molar-refractivity contribution is 6.35. The fourth-order valence-electron chi connectivity index (χ4n) is 4.65. The molecular formula is C30H24ClN7O. The Morgan fingerprint density at radius 3 is 2.41 bits per heavy atom. The van der Waals surface area contributed by atoms with Gasteiger partial charge >= 0.3 is 0 Å². The van der Waals surface area contributed by atoms with Crippen LogP contribution in [0.25, 0.3) is 44.6 Å². The van der Waals surface area contributed by atoms with Gasteiger partial charge in [0, 0.05) is 35.0 Å². The third-order valence-corrected chi connectivity index (χ3v) is 6.80. The van der Waals surface area contributed by atoms with Gasteiger partial charge in [0.25, 0.3) is 5.56 Å². The largest absolute Gasteiger partial charge is 0.372 e. The molecule has 8 nitrogen and oxygen atoms in total. The van der Waals surface area contributed by atoms with E-state index in [-0.39, 0.29) is 5.56 Å². The van der Waals surface area contributed by atoms with Crippen LogP contribution in [0.15, 0.2) is 83.9 Å². The molecule has 0 atom stereocenters. The maximum absolute atomic E-state index is 12.8. The average Bonchev–Trinajstić information content (AvgIpc) is 2.92. The summed E-state index contributed by atoms with van der Waals surface area (Å²) in [6.45, 7) is 5.82. The van der Waals surface area contributed by atoms with Gasteiger partial charge in [-0.2, -0.15) is 0 Å². The molecule has 0 saturated heterocycles. The molecule has 0 saturated carbocycles. The van der Waals surface area contributed by atoms with E-state index in [1.807, 2.05) is 81.4 Å². The number of halogens is 1. The Morgan fingerprint density at radius 2 is 1.62 bits per heavy atom. The summed E-state index contributed by atoms with van der Waals surface area (Å²) in [6.07, 6.45) is 3.44. The zero-order valence-corrected chi connectivity index (χ0v) is 22.3. The van der Waals surface area contributed by atoms with E-state index in [0.717, 1.165) is 22.2 Å². The van der Waals surface area contributed by atoms with Crippen LogP contribution in [0.2, 0.25) is 5.02 Å². The number of nitrogens with one attached hydrogen (secondary N) is 2. The molecule has 4 aromatic heterocycles. The molecule has 39 heavy (non-hydrogen) atoms. The van der Waals surface area contributed by atoms with Crippen LogP contribution in [-0.2, 0) is 5.54 Å². The van der Waals surface area contributed by atoms with Gasteiger partial charge in [0.2, 0.25) is 0 Å². The van der Waals surface area contributed by atoms with E-state index >= 15 is 0 Å². The van der Waals surface area contributed by atoms with Crippen molar-refractivity contribution in [2.45, 2.75) is 26.3 Å². The number of benzene rings is 2. The van der Waals surface area contributed by atoms with Gasteiger partial charge in [-0.05, 0) is 45.0 Å². The van der Waals surface area contributed by atoms with E-state index in [9.17, 15) is 4.79 Å². The van der Waals surface area contributed by atoms with Crippen LogP contribution in [0, 0.1) is 6.92 Å². The molecule has 6 aromatic rings. The number of nitrogens with zero attached hydrogens (tertiary/aromatic N) is 5. The zero-order valence-electron chi connectivity index (χ0n) is 21.5. The highest BCUT2D eigenvalue weighted by Crippen LogP contribution is 2.36. The quantitative estimate of drug-likeness (QED) is 0.267. The van der Waals surface area contributed by atoms with Crippen LogP contribution in [0.1, 0.15) is 25.4 Å². The van der Waals surface area contributed by atoms with E-state index in [1.165, 1.54) is 6.07 Å². The molecular weight excluding hydrogens is 510 g/mol. The molecule has 0 aliphatic carbocycles. The fraction of sp³-hybridized carbons (Fsp3) is 0.133. The Morgan fingerprint density at radius 1 is 0.821 bits per heavy atom. The second-order valence-electron chi connectivity index (χ2n) is 9.80. The molecule has 0 aliphatic rings. The van der Waals surface area contributed by atoms with Crippen molar-refractivity contribution in [3.05, 3.63) is 106 Å². The second-order valence-corrected chi connectivity index (χ2v) is 10.2. The molecule has 6 rings (SSSR count). The minimum absolute atomic E-state index is 0.291. The summed E-state index contributed by atoms with van der Waals surface area (Å²) in [4.78, 5) is 38.9. The van der Waals surface area contributed by atoms with E-state index in [4.69, 9.17) is 21.6 Å². The molecule has 0 spiro atoms. The summed E-state index contributed by atoms with van der Waals surface area (Å²) in [7, 11) is 0. The second kappa shape index (κ2) is 9.56. The summed E-state index contributed by atoms with van der Waals surface area (Å²) in [6, 6.07) is 20.8. The zero-order chi connectivity index (χ0) is 27.1. The van der Waals surface area contributed by atoms with Gasteiger partial charge in [-0.25, -0.2) is 19.9 Å². The third-order valence-electron chi connectivity index (χ3n) is 6.51. The number of fused-ring (bicyclic) bond motifs is 2. The predicted molar refractivity (Wildman–Crippen MR) is 155 cm³/mol. The number of aryl methyl sites for hydroxylation is 1. The highest BCUT2D eigenvalue weighted by Gasteiger charge is 2.25. The van der Waals surface area contributed by atoms with Crippen molar-refractivity contribution >= 4 is 39.4 Å². The minimum Gasteiger partial charge on any atom is -0.372 e. The Balaban J connectivity index is 1.60. The van der Waals surface area contributed by atoms with Crippen molar-refractivity contribution in [1.29, 1.82) is 0 Å². The van der Waals surface area contributed by atoms with E-state index in [1.54, 1.807) is 12.4 Å². The van der Waals surface area contributed by atoms with Crippen molar-refractivity contribution in [1.82, 2.24) is 29.9 Å². The summed E-state index contributed by atoms with van der Waals surface area (Å²) >= 11 is 6.67. The Labute approximate surface area is 229 Å². The monoisotopic (exact) mass is 533 g/mol. The summed E-state index contributed by atoms with van der Waals surface area (Å²) in [5.41, 5.74) is 4.91. The van der Waals surface area contributed by atoms with Crippen molar-refractivity contribution in [3.8, 4) is 22.5 Å². The molecule has 192 valence electrons. The lowest BCUT2D eigenvalue weighted by molar-refractivity contribution is 0.582. The van der Waals surface area contributed by atoms with Gasteiger partial charge in [-0.1, -0.05) is 48.0 Å². The van der Waals surface area contributed by atoms with Gasteiger partial charge < -0.3 is 10.3 Å². The first-order valence-electron chi connectivity index (χ1n) is 12.4. The van der Waals surface area contributed by atoms with Crippen LogP contribution in [0.5, 0.6) is 0 Å². The van der Waals surface area contributed by atoms with Crippen LogP contribution >= 0.6 is 11.6 Å². The topological polar surface area (TPSA) is 109 Å². The molecule has 0 radical (unpaired) electrons. The SMILES string of the molecule is Cc1nccc(C(C)(C)Nc2cc(=O)[nH]c3nc(-c4ccccc4)c(-c4cc(Cl)c5ncccc5c4)nc23)n1. The van der Waals surface area contributed by atoms with Gasteiger partial charge in [0.1, 0.15) is 11.3 Å². The summed E-state index contributed by atoms with van der Waals surface area (Å²) < 4.78 is 0. The molecule has 0 bridgehead atoms. The Kier molecular flexibility index (Phi) is 6.04. The number of hydrogen-bond acceptors (Lipinski definition) is 7. The number of pyridine rings is 2. The lowest BCUT2D eigenvalue weighted by Crippen LogP contribution is -2.30. The van der Waals surface area contributed by atoms with E-state index in [2.05, 4.69) is 25.3 Å². The predicted octanol–water partition coefficient (Wildman–Crippen LogP) is 6.30. The van der Waals surface area contributed by atoms with E-state index < -0.39 is 5.54 Å². The highest BCUT2D eigenvalue weighted by atomic mass is 35.5. The summed E-state index contributed by atoms with van der Waals surface area (Å²) in [5, 5.41) is 4.88. The Bertz CT molecular complexity index is 1920. The lowest BCUT2D eigenvalue weighted by atomic mass is 9.99. The van der Waals surface area contributed by atoms with Gasteiger partial charge in [-0.3, -0.25) is 9.78 Å². The first kappa shape index (κ1) is 24.6. The number of H-pyrrole nitrogens is 1. The molecule has 0 aliphatic heterocycles. The summed E-state index contributed by atoms with van der Waals surface area (Å²) in [5.74, 6) is 0.662. The maximum Gasteiger partial charge on any atom is 0.251 e. The smallest absolute Gasteiger partial charge is 0.251 e. The molecule has 9 heteroatoms. The van der Waals surface area contributed by atoms with Gasteiger partial charge in [0.15, 0.2) is 5.65 Å². The van der Waals surface area contributed by atoms with Gasteiger partial charge in [0.05, 0.1) is 38.8 Å². The molecule has 2 aromatic carbocycles. The number of anilines is 1. The lowest BCUT2D eigenvalue weighted by Gasteiger charge is -2.27. The molecule has 0 unspecified atom stereocenters. The van der Waals surface area contributed by atoms with Crippen molar-refractivity contribution in [2.24, 2.45) is 0 Å². The number of aromatic nitrogens is 6. The molecule has 2 N–H and O–H groups in total. The number of rotatable bonds is 5. The van der Waals surface area contributed by atoms with Crippen LogP contribution in [0.4, 0.5) is 5.69 Å². The normalized spacial score (nSPS) is 11.7. The average molecular weight is 534 g/mol. The van der Waals surface area contributed by atoms with Crippen LogP contribution < -0.4 is 10.9 Å².